The van der Waals surface area contributed by atoms with Crippen LogP contribution in [0.1, 0.15) is 107 Å². The van der Waals surface area contributed by atoms with Crippen LogP contribution in [0.5, 0.6) is 0 Å². The maximum Gasteiger partial charge on any atom is 0.324 e. The molecular formula is C55H73N9O8S. The van der Waals surface area contributed by atoms with E-state index in [0.717, 1.165) is 120 Å². The summed E-state index contributed by atoms with van der Waals surface area (Å²) in [6.07, 6.45) is 10.00. The fourth-order valence-electron chi connectivity index (χ4n) is 12.6. The molecule has 9 aliphatic rings. The van der Waals surface area contributed by atoms with E-state index in [1.807, 2.05) is 6.20 Å². The monoisotopic (exact) mass is 1020 g/mol. The number of rotatable bonds is 12. The molecule has 2 N–H and O–H groups in total. The number of methoxy groups -OCH3 is 1. The molecule has 2 aliphatic carbocycles. The van der Waals surface area contributed by atoms with Crippen molar-refractivity contribution in [2.75, 3.05) is 84.3 Å². The number of benzene rings is 1. The van der Waals surface area contributed by atoms with E-state index in [1.165, 1.54) is 24.2 Å². The summed E-state index contributed by atoms with van der Waals surface area (Å²) in [6, 6.07) is 7.79. The Hall–Kier alpha value is -4.53. The number of nitrogens with zero attached hydrogens (tertiary/aromatic N) is 7. The summed E-state index contributed by atoms with van der Waals surface area (Å²) in [5.74, 6) is -0.454. The fourth-order valence-corrected chi connectivity index (χ4v) is 13.6. The maximum atomic E-state index is 15.1. The zero-order valence-corrected chi connectivity index (χ0v) is 43.8. The van der Waals surface area contributed by atoms with Gasteiger partial charge in [0.25, 0.3) is 5.91 Å². The average Bonchev–Trinajstić information content (AvgIpc) is 3.63. The summed E-state index contributed by atoms with van der Waals surface area (Å²) in [6.45, 7) is 14.7. The van der Waals surface area contributed by atoms with E-state index in [2.05, 4.69) is 80.4 Å². The van der Waals surface area contributed by atoms with E-state index in [1.54, 1.807) is 12.1 Å². The van der Waals surface area contributed by atoms with Crippen molar-refractivity contribution in [2.24, 2.45) is 11.3 Å². The van der Waals surface area contributed by atoms with Crippen LogP contribution in [0.3, 0.4) is 0 Å². The molecule has 4 aromatic rings. The number of hydrogen-bond donors (Lipinski definition) is 2. The lowest BCUT2D eigenvalue weighted by molar-refractivity contribution is -0.157. The number of ether oxygens (including phenoxy) is 5. The smallest absolute Gasteiger partial charge is 0.324 e. The van der Waals surface area contributed by atoms with Gasteiger partial charge in [-0.15, -0.1) is 11.3 Å². The number of fused-ring (bicyclic) bond motifs is 7. The molecule has 6 saturated heterocycles. The summed E-state index contributed by atoms with van der Waals surface area (Å²) in [4.78, 5) is 61.6. The lowest BCUT2D eigenvalue weighted by Gasteiger charge is -2.40. The van der Waals surface area contributed by atoms with E-state index in [-0.39, 0.29) is 36.7 Å². The number of esters is 1. The first-order valence-electron chi connectivity index (χ1n) is 27.2. The number of hydrazine groups is 1. The van der Waals surface area contributed by atoms with Crippen LogP contribution in [0.4, 0.5) is 5.69 Å². The second-order valence-electron chi connectivity index (χ2n) is 22.8. The Labute approximate surface area is 432 Å². The minimum Gasteiger partial charge on any atom is -0.464 e. The zero-order chi connectivity index (χ0) is 50.0. The van der Waals surface area contributed by atoms with E-state index in [9.17, 15) is 9.59 Å². The third-order valence-electron chi connectivity index (χ3n) is 17.1. The molecule has 73 heavy (non-hydrogen) atoms. The van der Waals surface area contributed by atoms with Crippen molar-refractivity contribution in [3.8, 4) is 22.5 Å². The summed E-state index contributed by atoms with van der Waals surface area (Å²) in [5.41, 5.74) is 10.7. The molecule has 1 aromatic carbocycles. The van der Waals surface area contributed by atoms with Gasteiger partial charge in [0, 0.05) is 117 Å². The Kier molecular flexibility index (Phi) is 13.9. The normalized spacial score (nSPS) is 28.6. The minimum absolute atomic E-state index is 0.132. The first kappa shape index (κ1) is 49.4. The number of amides is 2. The molecule has 8 fully saturated rings. The predicted octanol–water partition coefficient (Wildman–Crippen LogP) is 6.04. The summed E-state index contributed by atoms with van der Waals surface area (Å²) in [5, 5.41) is 8.70. The van der Waals surface area contributed by atoms with E-state index >= 15 is 4.79 Å². The standard InChI is InChI=1S/C55H73N9O8S/c1-33(68-4)47-41(27-38(29-56-47)61-17-15-60(16-18-61)36-8-9-36)49-42-28-55(2,3)32-72-54(67)43-6-5-14-64(59-43)53(66)48(58-51(65)46-13-22-71-46)50(63-30-34-24-37(63)25-34)52-57-44(31-73-52)35-7-10-45(40(42)26-35)62(49)19-23-70-39-11-20-69-21-12-39/h7,10,26-27,29,31,33-34,36-37,39,43,46,48,50,59H,5-6,8-9,11-25,28,30,32H2,1-4H3,(H,58,65)/t33-,34?,37?,43-,46-,48-,50-/m0/s1. The number of aromatic nitrogens is 3. The molecule has 18 heteroatoms. The SMILES string of the molecule is CO[C@@H](C)c1ncc(N2CCN(C3CC3)CC2)cc1-c1c2c3cc(ccc3n1CCOC1CCOCC1)-c1csc(n1)[C@@H](N1CC3CC1C3)[C@H](NC(=O)[C@@H]1CCO1)C(=O)N1CCC[C@H](N1)C(=O)OCC(C)(C)C2. The molecule has 0 spiro atoms. The van der Waals surface area contributed by atoms with Crippen LogP contribution in [0.2, 0.25) is 0 Å². The van der Waals surface area contributed by atoms with Crippen LogP contribution >= 0.6 is 11.3 Å². The van der Waals surface area contributed by atoms with Crippen molar-refractivity contribution in [1.29, 1.82) is 0 Å². The highest BCUT2D eigenvalue weighted by Gasteiger charge is 2.52. The zero-order valence-electron chi connectivity index (χ0n) is 43.0. The molecule has 17 nitrogen and oxygen atoms in total. The van der Waals surface area contributed by atoms with Gasteiger partial charge >= 0.3 is 5.97 Å². The first-order chi connectivity index (χ1) is 35.5. The van der Waals surface area contributed by atoms with Crippen LogP contribution in [0.15, 0.2) is 35.8 Å². The molecule has 3 aromatic heterocycles. The molecule has 0 unspecified atom stereocenters. The summed E-state index contributed by atoms with van der Waals surface area (Å²) in [7, 11) is 1.75. The minimum atomic E-state index is -0.973. The number of hydrogen-bond acceptors (Lipinski definition) is 15. The molecular weight excluding hydrogens is 947 g/mol. The van der Waals surface area contributed by atoms with Gasteiger partial charge < -0.3 is 38.5 Å². The Morgan fingerprint density at radius 2 is 1.81 bits per heavy atom. The third-order valence-corrected chi connectivity index (χ3v) is 18.0. The van der Waals surface area contributed by atoms with Crippen LogP contribution in [-0.4, -0.2) is 163 Å². The fraction of sp³-hybridized carbons (Fsp3) is 0.655. The van der Waals surface area contributed by atoms with Gasteiger partial charge in [-0.1, -0.05) is 19.9 Å². The lowest BCUT2D eigenvalue weighted by atomic mass is 9.84. The number of thiazole rings is 1. The first-order valence-corrected chi connectivity index (χ1v) is 28.1. The molecule has 5 atom stereocenters. The summed E-state index contributed by atoms with van der Waals surface area (Å²) >= 11 is 1.54. The van der Waals surface area contributed by atoms with E-state index in [4.69, 9.17) is 33.7 Å². The second kappa shape index (κ2) is 20.5. The van der Waals surface area contributed by atoms with Crippen LogP contribution in [0, 0.1) is 11.3 Å². The van der Waals surface area contributed by atoms with Crippen molar-refractivity contribution in [3.05, 3.63) is 52.1 Å². The number of carbonyl (C=O) groups excluding carboxylic acids is 3. The van der Waals surface area contributed by atoms with E-state index in [0.29, 0.717) is 71.1 Å². The number of pyridine rings is 1. The van der Waals surface area contributed by atoms with Crippen molar-refractivity contribution < 1.29 is 38.1 Å². The van der Waals surface area contributed by atoms with Crippen molar-refractivity contribution in [3.63, 3.8) is 0 Å². The Morgan fingerprint density at radius 3 is 2.53 bits per heavy atom. The van der Waals surface area contributed by atoms with Crippen molar-refractivity contribution in [1.82, 2.24) is 40.1 Å². The number of anilines is 1. The van der Waals surface area contributed by atoms with E-state index < -0.39 is 35.6 Å². The van der Waals surface area contributed by atoms with Crippen LogP contribution in [-0.2, 0) is 51.0 Å². The molecule has 7 aliphatic heterocycles. The highest BCUT2D eigenvalue weighted by atomic mass is 32.1. The number of piperazine rings is 1. The number of carbonyl (C=O) groups is 3. The van der Waals surface area contributed by atoms with Gasteiger partial charge in [0.1, 0.15) is 23.2 Å². The summed E-state index contributed by atoms with van der Waals surface area (Å²) < 4.78 is 32.9. The quantitative estimate of drug-likeness (QED) is 0.158. The van der Waals surface area contributed by atoms with Gasteiger partial charge in [0.05, 0.1) is 67.0 Å². The van der Waals surface area contributed by atoms with Crippen LogP contribution in [0.25, 0.3) is 33.4 Å². The van der Waals surface area contributed by atoms with Gasteiger partial charge in [-0.25, -0.2) is 10.4 Å². The van der Waals surface area contributed by atoms with Gasteiger partial charge in [0.15, 0.2) is 0 Å². The third kappa shape index (κ3) is 9.95. The molecule has 392 valence electrons. The number of nitrogens with one attached hydrogen (secondary N) is 2. The van der Waals surface area contributed by atoms with Crippen molar-refractivity contribution in [2.45, 2.75) is 140 Å². The average molecular weight is 1020 g/mol. The molecule has 10 heterocycles. The molecule has 2 amide bonds. The Bertz CT molecular complexity index is 2680. The lowest BCUT2D eigenvalue weighted by Crippen LogP contribution is -2.63. The van der Waals surface area contributed by atoms with Gasteiger partial charge in [0.2, 0.25) is 5.91 Å². The highest BCUT2D eigenvalue weighted by molar-refractivity contribution is 7.10. The van der Waals surface area contributed by atoms with Gasteiger partial charge in [-0.2, -0.15) is 0 Å². The Balaban J connectivity index is 1.01. The second-order valence-corrected chi connectivity index (χ2v) is 23.6. The predicted molar refractivity (Wildman–Crippen MR) is 277 cm³/mol. The highest BCUT2D eigenvalue weighted by Crippen LogP contribution is 2.48. The van der Waals surface area contributed by atoms with Crippen LogP contribution < -0.4 is 15.6 Å². The molecule has 2 saturated carbocycles. The number of cyclic esters (lactones) is 1. The molecule has 0 radical (unpaired) electrons. The van der Waals surface area contributed by atoms with Gasteiger partial charge in [-0.05, 0) is 94.4 Å². The Morgan fingerprint density at radius 1 is 1.00 bits per heavy atom. The topological polar surface area (TPSA) is 165 Å². The van der Waals surface area contributed by atoms with Crippen molar-refractivity contribution >= 4 is 45.7 Å². The molecule has 13 rings (SSSR count). The largest absolute Gasteiger partial charge is 0.464 e. The molecule has 8 bridgehead atoms. The van der Waals surface area contributed by atoms with Gasteiger partial charge in [-0.3, -0.25) is 34.2 Å². The maximum absolute atomic E-state index is 15.1.